The summed E-state index contributed by atoms with van der Waals surface area (Å²) in [5.41, 5.74) is 0. The van der Waals surface area contributed by atoms with Gasteiger partial charge in [-0.15, -0.1) is 0 Å². The molecule has 5 heteroatoms. The molecule has 3 aliphatic rings. The van der Waals surface area contributed by atoms with E-state index >= 15 is 0 Å². The summed E-state index contributed by atoms with van der Waals surface area (Å²) in [5, 5.41) is 9.07. The average molecular weight is 280 g/mol. The Kier molecular flexibility index (Phi) is 3.71. The Morgan fingerprint density at radius 3 is 2.55 bits per heavy atom. The standard InChI is InChI=1S/C15H24N2O3/c1-10-8-16-6-2-3-13(16)9-17(10)14(18)11-4-5-12(7-11)15(19)20/h10-13H,2-9H2,1H3,(H,19,20). The fourth-order valence-corrected chi connectivity index (χ4v) is 4.16. The van der Waals surface area contributed by atoms with Crippen LogP contribution in [0.5, 0.6) is 0 Å². The quantitative estimate of drug-likeness (QED) is 0.825. The van der Waals surface area contributed by atoms with Crippen LogP contribution in [0, 0.1) is 11.8 Å². The molecule has 0 aromatic heterocycles. The normalized spacial score (nSPS) is 38.0. The number of carboxylic acids is 1. The highest BCUT2D eigenvalue weighted by molar-refractivity contribution is 5.81. The van der Waals surface area contributed by atoms with Gasteiger partial charge in [-0.2, -0.15) is 0 Å². The molecule has 0 aromatic carbocycles. The van der Waals surface area contributed by atoms with E-state index in [4.69, 9.17) is 5.11 Å². The van der Waals surface area contributed by atoms with Crippen LogP contribution in [0.15, 0.2) is 0 Å². The SMILES string of the molecule is CC1CN2CCCC2CN1C(=O)C1CCC(C(=O)O)C1. The number of carboxylic acid groups (broad SMARTS) is 1. The molecule has 1 aliphatic carbocycles. The third kappa shape index (κ3) is 2.43. The molecule has 5 nitrogen and oxygen atoms in total. The second-order valence-corrected chi connectivity index (χ2v) is 6.68. The van der Waals surface area contributed by atoms with Crippen molar-refractivity contribution in [1.82, 2.24) is 9.80 Å². The number of fused-ring (bicyclic) bond motifs is 1. The van der Waals surface area contributed by atoms with Crippen LogP contribution < -0.4 is 0 Å². The lowest BCUT2D eigenvalue weighted by Crippen LogP contribution is -2.57. The molecule has 20 heavy (non-hydrogen) atoms. The van der Waals surface area contributed by atoms with E-state index in [9.17, 15) is 9.59 Å². The predicted molar refractivity (Wildman–Crippen MR) is 74.2 cm³/mol. The molecule has 0 spiro atoms. The Balaban J connectivity index is 1.63. The maximum absolute atomic E-state index is 12.7. The molecule has 2 heterocycles. The van der Waals surface area contributed by atoms with Gasteiger partial charge in [-0.25, -0.2) is 0 Å². The molecule has 1 N–H and O–H groups in total. The number of hydrogen-bond acceptors (Lipinski definition) is 3. The van der Waals surface area contributed by atoms with Gasteiger partial charge in [0.1, 0.15) is 0 Å². The van der Waals surface area contributed by atoms with Crippen molar-refractivity contribution in [1.29, 1.82) is 0 Å². The molecule has 1 saturated carbocycles. The molecule has 1 amide bonds. The number of amides is 1. The summed E-state index contributed by atoms with van der Waals surface area (Å²) in [6, 6.07) is 0.799. The molecular formula is C15H24N2O3. The Bertz CT molecular complexity index is 412. The van der Waals surface area contributed by atoms with Gasteiger partial charge in [0.2, 0.25) is 5.91 Å². The first-order chi connectivity index (χ1) is 9.56. The van der Waals surface area contributed by atoms with Crippen LogP contribution in [0.25, 0.3) is 0 Å². The second kappa shape index (κ2) is 5.35. The molecule has 0 bridgehead atoms. The number of rotatable bonds is 2. The molecule has 4 atom stereocenters. The fraction of sp³-hybridized carbons (Fsp3) is 0.867. The van der Waals surface area contributed by atoms with E-state index in [1.807, 2.05) is 4.90 Å². The summed E-state index contributed by atoms with van der Waals surface area (Å²) in [7, 11) is 0. The van der Waals surface area contributed by atoms with Crippen LogP contribution in [0.3, 0.4) is 0 Å². The molecule has 0 aromatic rings. The molecule has 4 unspecified atom stereocenters. The van der Waals surface area contributed by atoms with Crippen molar-refractivity contribution in [2.75, 3.05) is 19.6 Å². The number of aliphatic carboxylic acids is 1. The van der Waals surface area contributed by atoms with E-state index in [2.05, 4.69) is 11.8 Å². The number of nitrogens with zero attached hydrogens (tertiary/aromatic N) is 2. The van der Waals surface area contributed by atoms with Crippen molar-refractivity contribution in [2.24, 2.45) is 11.8 Å². The zero-order chi connectivity index (χ0) is 14.3. The first-order valence-corrected chi connectivity index (χ1v) is 7.83. The molecule has 0 radical (unpaired) electrons. The summed E-state index contributed by atoms with van der Waals surface area (Å²) in [6.07, 6.45) is 4.37. The number of carbonyl (C=O) groups is 2. The predicted octanol–water partition coefficient (Wildman–Crippen LogP) is 1.18. The Labute approximate surface area is 119 Å². The zero-order valence-electron chi connectivity index (χ0n) is 12.1. The molecule has 3 rings (SSSR count). The van der Waals surface area contributed by atoms with Gasteiger partial charge in [-0.05, 0) is 45.6 Å². The van der Waals surface area contributed by atoms with E-state index in [-0.39, 0.29) is 23.8 Å². The summed E-state index contributed by atoms with van der Waals surface area (Å²) in [4.78, 5) is 28.2. The van der Waals surface area contributed by atoms with Crippen molar-refractivity contribution in [2.45, 2.75) is 51.1 Å². The third-order valence-corrected chi connectivity index (χ3v) is 5.35. The van der Waals surface area contributed by atoms with Gasteiger partial charge in [-0.3, -0.25) is 14.5 Å². The molecule has 2 saturated heterocycles. The fourth-order valence-electron chi connectivity index (χ4n) is 4.16. The van der Waals surface area contributed by atoms with Crippen molar-refractivity contribution in [3.63, 3.8) is 0 Å². The van der Waals surface area contributed by atoms with Crippen molar-refractivity contribution >= 4 is 11.9 Å². The minimum atomic E-state index is -0.742. The highest BCUT2D eigenvalue weighted by Gasteiger charge is 2.41. The minimum absolute atomic E-state index is 0.0634. The van der Waals surface area contributed by atoms with Crippen molar-refractivity contribution in [3.8, 4) is 0 Å². The molecule has 2 aliphatic heterocycles. The topological polar surface area (TPSA) is 60.9 Å². The smallest absolute Gasteiger partial charge is 0.306 e. The van der Waals surface area contributed by atoms with Crippen LogP contribution in [0.2, 0.25) is 0 Å². The van der Waals surface area contributed by atoms with E-state index in [0.717, 1.165) is 19.5 Å². The van der Waals surface area contributed by atoms with Gasteiger partial charge in [0.25, 0.3) is 0 Å². The van der Waals surface area contributed by atoms with E-state index in [0.29, 0.717) is 18.9 Å². The third-order valence-electron chi connectivity index (χ3n) is 5.35. The van der Waals surface area contributed by atoms with Crippen LogP contribution in [-0.4, -0.2) is 58.5 Å². The van der Waals surface area contributed by atoms with Crippen LogP contribution in [0.1, 0.15) is 39.0 Å². The van der Waals surface area contributed by atoms with E-state index < -0.39 is 5.97 Å². The monoisotopic (exact) mass is 280 g/mol. The maximum Gasteiger partial charge on any atom is 0.306 e. The van der Waals surface area contributed by atoms with Gasteiger partial charge < -0.3 is 10.0 Å². The summed E-state index contributed by atoms with van der Waals surface area (Å²) < 4.78 is 0. The van der Waals surface area contributed by atoms with Crippen LogP contribution in [-0.2, 0) is 9.59 Å². The number of hydrogen-bond donors (Lipinski definition) is 1. The van der Waals surface area contributed by atoms with E-state index in [1.54, 1.807) is 0 Å². The molecular weight excluding hydrogens is 256 g/mol. The Morgan fingerprint density at radius 1 is 1.10 bits per heavy atom. The first-order valence-electron chi connectivity index (χ1n) is 7.83. The van der Waals surface area contributed by atoms with Gasteiger partial charge >= 0.3 is 5.97 Å². The molecule has 112 valence electrons. The lowest BCUT2D eigenvalue weighted by Gasteiger charge is -2.43. The zero-order valence-corrected chi connectivity index (χ0v) is 12.1. The summed E-state index contributed by atoms with van der Waals surface area (Å²) >= 11 is 0. The van der Waals surface area contributed by atoms with Crippen LogP contribution >= 0.6 is 0 Å². The lowest BCUT2D eigenvalue weighted by molar-refractivity contribution is -0.142. The molecule has 3 fully saturated rings. The van der Waals surface area contributed by atoms with Gasteiger partial charge in [0, 0.05) is 31.1 Å². The van der Waals surface area contributed by atoms with Crippen LogP contribution in [0.4, 0.5) is 0 Å². The average Bonchev–Trinajstić information content (AvgIpc) is 3.05. The van der Waals surface area contributed by atoms with Crippen molar-refractivity contribution in [3.05, 3.63) is 0 Å². The highest BCUT2D eigenvalue weighted by atomic mass is 16.4. The summed E-state index contributed by atoms with van der Waals surface area (Å²) in [5.74, 6) is -0.916. The van der Waals surface area contributed by atoms with Gasteiger partial charge in [-0.1, -0.05) is 0 Å². The van der Waals surface area contributed by atoms with Crippen molar-refractivity contribution < 1.29 is 14.7 Å². The maximum atomic E-state index is 12.7. The van der Waals surface area contributed by atoms with E-state index in [1.165, 1.54) is 19.4 Å². The minimum Gasteiger partial charge on any atom is -0.481 e. The largest absolute Gasteiger partial charge is 0.481 e. The summed E-state index contributed by atoms with van der Waals surface area (Å²) in [6.45, 7) is 5.11. The second-order valence-electron chi connectivity index (χ2n) is 6.68. The number of piperazine rings is 1. The highest BCUT2D eigenvalue weighted by Crippen LogP contribution is 2.34. The van der Waals surface area contributed by atoms with Gasteiger partial charge in [0.15, 0.2) is 0 Å². The number of carbonyl (C=O) groups excluding carboxylic acids is 1. The Morgan fingerprint density at radius 2 is 1.85 bits per heavy atom. The first kappa shape index (κ1) is 13.9. The lowest BCUT2D eigenvalue weighted by atomic mass is 10.0. The Hall–Kier alpha value is -1.10. The van der Waals surface area contributed by atoms with Gasteiger partial charge in [0.05, 0.1) is 5.92 Å².